The average Bonchev–Trinajstić information content (AvgIpc) is 1.90. The van der Waals surface area contributed by atoms with Gasteiger partial charge in [0.15, 0.2) is 0 Å². The van der Waals surface area contributed by atoms with E-state index in [1.54, 1.807) is 0 Å². The van der Waals surface area contributed by atoms with E-state index in [-0.39, 0.29) is 19.0 Å². The topological polar surface area (TPSA) is 21.3 Å². The van der Waals surface area contributed by atoms with Crippen LogP contribution >= 0.6 is 12.4 Å². The fraction of sp³-hybridized carbons (Fsp3) is 1.00. The first-order valence-electron chi connectivity index (χ1n) is 2.91. The third-order valence-electron chi connectivity index (χ3n) is 1.24. The smallest absolute Gasteiger partial charge is 0.265 e. The van der Waals surface area contributed by atoms with Gasteiger partial charge in [-0.05, 0) is 0 Å². The highest BCUT2D eigenvalue weighted by molar-refractivity contribution is 5.85. The predicted molar refractivity (Wildman–Crippen MR) is 35.9 cm³/mol. The lowest BCUT2D eigenvalue weighted by molar-refractivity contribution is -0.0686. The van der Waals surface area contributed by atoms with Gasteiger partial charge < -0.3 is 10.1 Å². The van der Waals surface area contributed by atoms with Crippen molar-refractivity contribution in [2.45, 2.75) is 12.5 Å². The molecule has 0 radical (unpaired) electrons. The highest BCUT2D eigenvalue weighted by Gasteiger charge is 2.22. The van der Waals surface area contributed by atoms with Crippen molar-refractivity contribution in [3.63, 3.8) is 0 Å². The summed E-state index contributed by atoms with van der Waals surface area (Å²) in [6.45, 7) is 1.36. The van der Waals surface area contributed by atoms with E-state index in [9.17, 15) is 8.78 Å². The zero-order chi connectivity index (χ0) is 6.69. The van der Waals surface area contributed by atoms with Gasteiger partial charge in [0.1, 0.15) is 6.10 Å². The minimum Gasteiger partial charge on any atom is -0.370 e. The number of morpholine rings is 1. The molecule has 0 spiro atoms. The lowest BCUT2D eigenvalue weighted by atomic mass is 10.3. The second-order valence-corrected chi connectivity index (χ2v) is 1.95. The number of nitrogens with one attached hydrogen (secondary N) is 1. The standard InChI is InChI=1S/C5H9F2NO.ClH/c6-5(7)4-3-8-1-2-9-4;/h4-5,8H,1-3H2;1H/t4-;/m0./s1. The lowest BCUT2D eigenvalue weighted by Crippen LogP contribution is -2.42. The molecule has 10 heavy (non-hydrogen) atoms. The SMILES string of the molecule is Cl.FC(F)[C@@H]1CNCCO1. The molecule has 0 aromatic rings. The first-order valence-corrected chi connectivity index (χ1v) is 2.91. The molecule has 1 aliphatic rings. The van der Waals surface area contributed by atoms with Crippen LogP contribution in [0.3, 0.4) is 0 Å². The summed E-state index contributed by atoms with van der Waals surface area (Å²) in [6, 6.07) is 0. The Morgan fingerprint density at radius 1 is 1.50 bits per heavy atom. The van der Waals surface area contributed by atoms with E-state index in [0.717, 1.165) is 0 Å². The van der Waals surface area contributed by atoms with Crippen LogP contribution in [0, 0.1) is 0 Å². The van der Waals surface area contributed by atoms with Gasteiger partial charge in [-0.25, -0.2) is 8.78 Å². The number of alkyl halides is 2. The van der Waals surface area contributed by atoms with Crippen molar-refractivity contribution >= 4 is 12.4 Å². The Kier molecular flexibility index (Phi) is 4.85. The van der Waals surface area contributed by atoms with Crippen molar-refractivity contribution < 1.29 is 13.5 Å². The Bertz CT molecular complexity index is 87.7. The highest BCUT2D eigenvalue weighted by atomic mass is 35.5. The van der Waals surface area contributed by atoms with Gasteiger partial charge in [0.2, 0.25) is 0 Å². The second kappa shape index (κ2) is 4.82. The number of halogens is 3. The van der Waals surface area contributed by atoms with Crippen molar-refractivity contribution in [1.82, 2.24) is 5.32 Å². The van der Waals surface area contributed by atoms with Crippen LogP contribution in [0.4, 0.5) is 8.78 Å². The van der Waals surface area contributed by atoms with Gasteiger partial charge in [0.25, 0.3) is 6.43 Å². The molecule has 1 rings (SSSR count). The van der Waals surface area contributed by atoms with E-state index in [1.807, 2.05) is 0 Å². The molecule has 0 unspecified atom stereocenters. The molecule has 62 valence electrons. The molecule has 0 saturated carbocycles. The third-order valence-corrected chi connectivity index (χ3v) is 1.24. The van der Waals surface area contributed by atoms with Crippen LogP contribution in [0.15, 0.2) is 0 Å². The van der Waals surface area contributed by atoms with Crippen molar-refractivity contribution in [3.05, 3.63) is 0 Å². The molecule has 2 nitrogen and oxygen atoms in total. The molecule has 1 N–H and O–H groups in total. The first kappa shape index (κ1) is 10.1. The Morgan fingerprint density at radius 2 is 2.20 bits per heavy atom. The van der Waals surface area contributed by atoms with Gasteiger partial charge in [0, 0.05) is 13.1 Å². The fourth-order valence-corrected chi connectivity index (χ4v) is 0.748. The van der Waals surface area contributed by atoms with Crippen molar-refractivity contribution in [2.75, 3.05) is 19.7 Å². The summed E-state index contributed by atoms with van der Waals surface area (Å²) in [6.07, 6.45) is -3.24. The summed E-state index contributed by atoms with van der Waals surface area (Å²) in [5.41, 5.74) is 0. The zero-order valence-electron chi connectivity index (χ0n) is 5.35. The van der Waals surface area contributed by atoms with Crippen LogP contribution in [0.5, 0.6) is 0 Å². The molecule has 0 amide bonds. The van der Waals surface area contributed by atoms with Gasteiger partial charge in [-0.3, -0.25) is 0 Å². The molecule has 0 aliphatic carbocycles. The molecule has 0 bridgehead atoms. The molecule has 1 saturated heterocycles. The normalized spacial score (nSPS) is 26.1. The monoisotopic (exact) mass is 173 g/mol. The molecule has 1 heterocycles. The summed E-state index contributed by atoms with van der Waals surface area (Å²) in [5, 5.41) is 2.81. The molecule has 5 heteroatoms. The Balaban J connectivity index is 0.000000810. The van der Waals surface area contributed by atoms with Gasteiger partial charge in [-0.1, -0.05) is 0 Å². The average molecular weight is 174 g/mol. The largest absolute Gasteiger partial charge is 0.370 e. The van der Waals surface area contributed by atoms with Gasteiger partial charge in [-0.15, -0.1) is 12.4 Å². The molecule has 1 fully saturated rings. The van der Waals surface area contributed by atoms with E-state index >= 15 is 0 Å². The maximum atomic E-state index is 11.8. The summed E-state index contributed by atoms with van der Waals surface area (Å²) in [7, 11) is 0. The van der Waals surface area contributed by atoms with Crippen molar-refractivity contribution in [2.24, 2.45) is 0 Å². The molecule has 0 aromatic heterocycles. The number of rotatable bonds is 1. The third kappa shape index (κ3) is 2.77. The van der Waals surface area contributed by atoms with Crippen LogP contribution in [0.2, 0.25) is 0 Å². The Hall–Kier alpha value is 0.0700. The maximum absolute atomic E-state index is 11.8. The van der Waals surface area contributed by atoms with Gasteiger partial charge in [0.05, 0.1) is 6.61 Å². The van der Waals surface area contributed by atoms with E-state index in [2.05, 4.69) is 5.32 Å². The Labute approximate surface area is 64.3 Å². The minimum absolute atomic E-state index is 0. The summed E-state index contributed by atoms with van der Waals surface area (Å²) in [4.78, 5) is 0. The minimum atomic E-state index is -2.35. The molecule has 1 atom stereocenters. The van der Waals surface area contributed by atoms with Crippen LogP contribution < -0.4 is 5.32 Å². The van der Waals surface area contributed by atoms with E-state index in [0.29, 0.717) is 13.2 Å². The highest BCUT2D eigenvalue weighted by Crippen LogP contribution is 2.06. The predicted octanol–water partition coefficient (Wildman–Crippen LogP) is 0.662. The van der Waals surface area contributed by atoms with E-state index < -0.39 is 12.5 Å². The Morgan fingerprint density at radius 3 is 2.50 bits per heavy atom. The van der Waals surface area contributed by atoms with Crippen LogP contribution in [-0.2, 0) is 4.74 Å². The fourth-order valence-electron chi connectivity index (χ4n) is 0.748. The van der Waals surface area contributed by atoms with Crippen molar-refractivity contribution in [3.8, 4) is 0 Å². The first-order chi connectivity index (χ1) is 4.30. The summed E-state index contributed by atoms with van der Waals surface area (Å²) < 4.78 is 28.2. The van der Waals surface area contributed by atoms with E-state index in [4.69, 9.17) is 4.74 Å². The molecule has 1 aliphatic heterocycles. The van der Waals surface area contributed by atoms with Crippen LogP contribution in [0.1, 0.15) is 0 Å². The van der Waals surface area contributed by atoms with Gasteiger partial charge >= 0.3 is 0 Å². The number of ether oxygens (including phenoxy) is 1. The van der Waals surface area contributed by atoms with Crippen molar-refractivity contribution in [1.29, 1.82) is 0 Å². The lowest BCUT2D eigenvalue weighted by Gasteiger charge is -2.22. The molecular formula is C5H10ClF2NO. The van der Waals surface area contributed by atoms with E-state index in [1.165, 1.54) is 0 Å². The molecule has 0 aromatic carbocycles. The summed E-state index contributed by atoms with van der Waals surface area (Å²) >= 11 is 0. The quantitative estimate of drug-likeness (QED) is 0.629. The maximum Gasteiger partial charge on any atom is 0.265 e. The van der Waals surface area contributed by atoms with Gasteiger partial charge in [-0.2, -0.15) is 0 Å². The van der Waals surface area contributed by atoms with Crippen LogP contribution in [0.25, 0.3) is 0 Å². The zero-order valence-corrected chi connectivity index (χ0v) is 6.16. The molecular weight excluding hydrogens is 164 g/mol. The summed E-state index contributed by atoms with van der Waals surface area (Å²) in [5.74, 6) is 0. The number of hydrogen-bond acceptors (Lipinski definition) is 2. The van der Waals surface area contributed by atoms with Crippen LogP contribution in [-0.4, -0.2) is 32.2 Å². The number of hydrogen-bond donors (Lipinski definition) is 1. The second-order valence-electron chi connectivity index (χ2n) is 1.95.